The summed E-state index contributed by atoms with van der Waals surface area (Å²) in [5.41, 5.74) is 11.4. The van der Waals surface area contributed by atoms with E-state index in [9.17, 15) is 9.59 Å². The predicted octanol–water partition coefficient (Wildman–Crippen LogP) is 1.96. The molecule has 1 atom stereocenters. The van der Waals surface area contributed by atoms with Gasteiger partial charge in [-0.25, -0.2) is 0 Å². The molecule has 2 rings (SSSR count). The molecule has 2 heterocycles. The van der Waals surface area contributed by atoms with E-state index in [2.05, 4.69) is 9.97 Å². The fourth-order valence-corrected chi connectivity index (χ4v) is 2.62. The van der Waals surface area contributed by atoms with E-state index >= 15 is 0 Å². The lowest BCUT2D eigenvalue weighted by Crippen LogP contribution is -2.63. The van der Waals surface area contributed by atoms with Gasteiger partial charge in [-0.3, -0.25) is 19.6 Å². The van der Waals surface area contributed by atoms with Gasteiger partial charge in [0, 0.05) is 35.9 Å². The van der Waals surface area contributed by atoms with E-state index < -0.39 is 17.4 Å². The Bertz CT molecular complexity index is 687. The molecule has 0 spiro atoms. The standard InChI is InChI=1S/C18H22N4O2/c1-2-3-4-15(16(23)13-5-9-21-10-6-13)18(19,20)17(24)14-7-11-22-12-8-14/h5-12,15H,2-4,19-20H2,1H3. The summed E-state index contributed by atoms with van der Waals surface area (Å²) in [6, 6.07) is 6.30. The van der Waals surface area contributed by atoms with Crippen molar-refractivity contribution in [1.82, 2.24) is 9.97 Å². The summed E-state index contributed by atoms with van der Waals surface area (Å²) in [5.74, 6) is -1.51. The lowest BCUT2D eigenvalue weighted by molar-refractivity contribution is 0.0714. The van der Waals surface area contributed by atoms with Crippen molar-refractivity contribution in [3.8, 4) is 0 Å². The molecule has 24 heavy (non-hydrogen) atoms. The summed E-state index contributed by atoms with van der Waals surface area (Å²) in [5, 5.41) is 0. The molecule has 0 fully saturated rings. The number of ketones is 2. The zero-order chi connectivity index (χ0) is 17.6. The van der Waals surface area contributed by atoms with Gasteiger partial charge in [0.2, 0.25) is 0 Å². The number of rotatable bonds is 8. The maximum atomic E-state index is 12.9. The summed E-state index contributed by atoms with van der Waals surface area (Å²) >= 11 is 0. The van der Waals surface area contributed by atoms with Crippen molar-refractivity contribution in [1.29, 1.82) is 0 Å². The Balaban J connectivity index is 2.35. The molecule has 126 valence electrons. The lowest BCUT2D eigenvalue weighted by Gasteiger charge is -2.31. The van der Waals surface area contributed by atoms with E-state index in [4.69, 9.17) is 11.5 Å². The molecule has 0 aliphatic rings. The van der Waals surface area contributed by atoms with Gasteiger partial charge in [-0.15, -0.1) is 0 Å². The Kier molecular flexibility index (Phi) is 5.89. The second-order valence-corrected chi connectivity index (χ2v) is 5.79. The highest BCUT2D eigenvalue weighted by Crippen LogP contribution is 2.25. The normalized spacial score (nSPS) is 12.6. The molecule has 0 aliphatic carbocycles. The first-order valence-corrected chi connectivity index (χ1v) is 7.95. The minimum atomic E-state index is -1.78. The molecular formula is C18H22N4O2. The molecule has 2 aromatic heterocycles. The molecular weight excluding hydrogens is 304 g/mol. The van der Waals surface area contributed by atoms with E-state index in [1.807, 2.05) is 6.92 Å². The molecule has 0 bridgehead atoms. The van der Waals surface area contributed by atoms with Crippen molar-refractivity contribution in [2.45, 2.75) is 31.8 Å². The van der Waals surface area contributed by atoms with Gasteiger partial charge in [-0.05, 0) is 30.7 Å². The molecule has 0 aromatic carbocycles. The van der Waals surface area contributed by atoms with Crippen LogP contribution in [0.3, 0.4) is 0 Å². The van der Waals surface area contributed by atoms with Gasteiger partial charge in [-0.2, -0.15) is 0 Å². The van der Waals surface area contributed by atoms with Crippen molar-refractivity contribution >= 4 is 11.6 Å². The highest BCUT2D eigenvalue weighted by Gasteiger charge is 2.42. The second-order valence-electron chi connectivity index (χ2n) is 5.79. The average molecular weight is 326 g/mol. The average Bonchev–Trinajstić information content (AvgIpc) is 2.62. The van der Waals surface area contributed by atoms with Gasteiger partial charge in [0.25, 0.3) is 0 Å². The second kappa shape index (κ2) is 7.90. The molecule has 4 N–H and O–H groups in total. The fraction of sp³-hybridized carbons (Fsp3) is 0.333. The van der Waals surface area contributed by atoms with Crippen LogP contribution in [0, 0.1) is 5.92 Å². The summed E-state index contributed by atoms with van der Waals surface area (Å²) in [4.78, 5) is 33.4. The first-order chi connectivity index (χ1) is 11.5. The molecule has 6 heteroatoms. The zero-order valence-corrected chi connectivity index (χ0v) is 13.7. The van der Waals surface area contributed by atoms with Crippen LogP contribution in [-0.4, -0.2) is 27.2 Å². The van der Waals surface area contributed by atoms with Crippen molar-refractivity contribution in [3.63, 3.8) is 0 Å². The van der Waals surface area contributed by atoms with Crippen LogP contribution in [0.15, 0.2) is 49.1 Å². The Labute approximate surface area is 141 Å². The number of nitrogens with zero attached hydrogens (tertiary/aromatic N) is 2. The maximum Gasteiger partial charge on any atom is 0.197 e. The van der Waals surface area contributed by atoms with Crippen LogP contribution in [0.2, 0.25) is 0 Å². The Hall–Kier alpha value is -2.44. The van der Waals surface area contributed by atoms with Crippen LogP contribution in [0.1, 0.15) is 46.9 Å². The van der Waals surface area contributed by atoms with Crippen molar-refractivity contribution < 1.29 is 9.59 Å². The Morgan fingerprint density at radius 2 is 1.50 bits per heavy atom. The molecule has 0 aliphatic heterocycles. The third-order valence-corrected chi connectivity index (χ3v) is 4.04. The number of Topliss-reactive ketones (excluding diaryl/α,β-unsaturated/α-hetero) is 2. The zero-order valence-electron chi connectivity index (χ0n) is 13.7. The molecule has 0 amide bonds. The van der Waals surface area contributed by atoms with Crippen molar-refractivity contribution in [3.05, 3.63) is 60.2 Å². The van der Waals surface area contributed by atoms with E-state index in [-0.39, 0.29) is 5.78 Å². The fourth-order valence-electron chi connectivity index (χ4n) is 2.62. The summed E-state index contributed by atoms with van der Waals surface area (Å²) < 4.78 is 0. The number of hydrogen-bond acceptors (Lipinski definition) is 6. The van der Waals surface area contributed by atoms with Gasteiger partial charge in [0.15, 0.2) is 11.6 Å². The highest BCUT2D eigenvalue weighted by atomic mass is 16.1. The van der Waals surface area contributed by atoms with Gasteiger partial charge in [0.05, 0.1) is 5.92 Å². The van der Waals surface area contributed by atoms with E-state index in [1.165, 1.54) is 24.8 Å². The molecule has 0 radical (unpaired) electrons. The van der Waals surface area contributed by atoms with E-state index in [1.54, 1.807) is 24.3 Å². The minimum absolute atomic E-state index is 0.238. The molecule has 1 unspecified atom stereocenters. The van der Waals surface area contributed by atoms with Gasteiger partial charge in [0.1, 0.15) is 5.66 Å². The quantitative estimate of drug-likeness (QED) is 0.566. The minimum Gasteiger partial charge on any atom is -0.306 e. The molecule has 6 nitrogen and oxygen atoms in total. The number of carbonyl (C=O) groups excluding carboxylic acids is 2. The molecule has 0 saturated heterocycles. The van der Waals surface area contributed by atoms with Crippen LogP contribution in [0.5, 0.6) is 0 Å². The Morgan fingerprint density at radius 1 is 1.00 bits per heavy atom. The van der Waals surface area contributed by atoms with E-state index in [0.717, 1.165) is 12.8 Å². The largest absolute Gasteiger partial charge is 0.306 e. The summed E-state index contributed by atoms with van der Waals surface area (Å²) in [6.07, 6.45) is 8.12. The first kappa shape index (κ1) is 17.9. The number of carbonyl (C=O) groups is 2. The van der Waals surface area contributed by atoms with Crippen LogP contribution in [-0.2, 0) is 0 Å². The number of aromatic nitrogens is 2. The van der Waals surface area contributed by atoms with Gasteiger partial charge >= 0.3 is 0 Å². The number of pyridine rings is 2. The maximum absolute atomic E-state index is 12.9. The van der Waals surface area contributed by atoms with E-state index in [0.29, 0.717) is 17.5 Å². The van der Waals surface area contributed by atoms with Crippen LogP contribution >= 0.6 is 0 Å². The van der Waals surface area contributed by atoms with Crippen LogP contribution < -0.4 is 11.5 Å². The molecule has 0 saturated carbocycles. The third-order valence-electron chi connectivity index (χ3n) is 4.04. The van der Waals surface area contributed by atoms with Crippen LogP contribution in [0.4, 0.5) is 0 Å². The topological polar surface area (TPSA) is 112 Å². The SMILES string of the molecule is CCCCC(C(=O)c1ccncc1)C(N)(N)C(=O)c1ccncc1. The van der Waals surface area contributed by atoms with Gasteiger partial charge < -0.3 is 11.5 Å². The predicted molar refractivity (Wildman–Crippen MR) is 91.3 cm³/mol. The first-order valence-electron chi connectivity index (χ1n) is 7.95. The summed E-state index contributed by atoms with van der Waals surface area (Å²) in [6.45, 7) is 2.01. The number of unbranched alkanes of at least 4 members (excludes halogenated alkanes) is 1. The monoisotopic (exact) mass is 326 g/mol. The van der Waals surface area contributed by atoms with Crippen molar-refractivity contribution in [2.75, 3.05) is 0 Å². The Morgan fingerprint density at radius 3 is 2.00 bits per heavy atom. The smallest absolute Gasteiger partial charge is 0.197 e. The van der Waals surface area contributed by atoms with Crippen LogP contribution in [0.25, 0.3) is 0 Å². The number of nitrogens with two attached hydrogens (primary N) is 2. The number of hydrogen-bond donors (Lipinski definition) is 2. The highest BCUT2D eigenvalue weighted by molar-refractivity contribution is 6.08. The lowest BCUT2D eigenvalue weighted by atomic mass is 9.79. The van der Waals surface area contributed by atoms with Crippen molar-refractivity contribution in [2.24, 2.45) is 17.4 Å². The molecule has 2 aromatic rings. The van der Waals surface area contributed by atoms with Gasteiger partial charge in [-0.1, -0.05) is 19.8 Å². The third kappa shape index (κ3) is 3.90. The summed E-state index contributed by atoms with van der Waals surface area (Å²) in [7, 11) is 0.